The van der Waals surface area contributed by atoms with Crippen LogP contribution in [0.4, 0.5) is 0 Å². The number of nitrogens with zero attached hydrogens (tertiary/aromatic N) is 3. The second kappa shape index (κ2) is 6.70. The summed E-state index contributed by atoms with van der Waals surface area (Å²) >= 11 is 0.720. The zero-order valence-corrected chi connectivity index (χ0v) is 13.9. The first kappa shape index (κ1) is 18.4. The first-order valence-electron chi connectivity index (χ1n) is 5.04. The molecule has 0 aliphatic rings. The van der Waals surface area contributed by atoms with Gasteiger partial charge in [0, 0.05) is 7.05 Å². The molecule has 1 aromatic rings. The third-order valence-corrected chi connectivity index (χ3v) is 4.45. The van der Waals surface area contributed by atoms with Crippen molar-refractivity contribution in [3.8, 4) is 0 Å². The summed E-state index contributed by atoms with van der Waals surface area (Å²) in [6.07, 6.45) is 0. The van der Waals surface area contributed by atoms with Crippen molar-refractivity contribution in [1.82, 2.24) is 9.78 Å². The van der Waals surface area contributed by atoms with Crippen molar-refractivity contribution in [3.63, 3.8) is 0 Å². The fourth-order valence-electron chi connectivity index (χ4n) is 0.994. The molecule has 1 atom stereocenters. The lowest BCUT2D eigenvalue weighted by Gasteiger charge is -2.09. The average Bonchev–Trinajstić information content (AvgIpc) is 2.58. The second-order valence-corrected chi connectivity index (χ2v) is 6.73. The molecular formula is C8H16BrN5O3S2. The van der Waals surface area contributed by atoms with Gasteiger partial charge in [0.05, 0.1) is 6.04 Å². The zero-order chi connectivity index (χ0) is 14.1. The summed E-state index contributed by atoms with van der Waals surface area (Å²) in [5, 5.41) is 8.61. The van der Waals surface area contributed by atoms with Gasteiger partial charge >= 0.3 is 0 Å². The standard InChI is InChI=1S/C8H15N5O3S2.BrH/c1-4(2)5(9)6(14)11-7-13(3)12-8(17-7)18(10,15)16;/h4-5H,9H2,1-3H3,(H2,10,15,16);1H/t5-;/m0./s1. The smallest absolute Gasteiger partial charge is 0.267 e. The molecule has 0 bridgehead atoms. The van der Waals surface area contributed by atoms with E-state index in [4.69, 9.17) is 10.9 Å². The number of amides is 1. The Labute approximate surface area is 125 Å². The summed E-state index contributed by atoms with van der Waals surface area (Å²) in [6.45, 7) is 3.58. The molecule has 0 saturated heterocycles. The third kappa shape index (κ3) is 4.76. The minimum absolute atomic E-state index is 0. The summed E-state index contributed by atoms with van der Waals surface area (Å²) in [5.74, 6) is -0.581. The van der Waals surface area contributed by atoms with E-state index in [9.17, 15) is 13.2 Å². The van der Waals surface area contributed by atoms with Crippen LogP contribution in [0.15, 0.2) is 9.33 Å². The number of rotatable bonds is 3. The number of nitrogens with two attached hydrogens (primary N) is 2. The summed E-state index contributed by atoms with van der Waals surface area (Å²) in [7, 11) is -2.42. The number of sulfonamides is 1. The third-order valence-electron chi connectivity index (χ3n) is 2.14. The molecule has 0 aliphatic carbocycles. The zero-order valence-electron chi connectivity index (χ0n) is 10.6. The van der Waals surface area contributed by atoms with Crippen molar-refractivity contribution in [3.05, 3.63) is 4.80 Å². The molecule has 110 valence electrons. The van der Waals surface area contributed by atoms with E-state index < -0.39 is 22.0 Å². The Morgan fingerprint density at radius 2 is 2.00 bits per heavy atom. The Kier molecular flexibility index (Phi) is 6.48. The Morgan fingerprint density at radius 1 is 1.47 bits per heavy atom. The van der Waals surface area contributed by atoms with E-state index in [1.54, 1.807) is 13.8 Å². The maximum atomic E-state index is 11.7. The van der Waals surface area contributed by atoms with Crippen LogP contribution < -0.4 is 15.7 Å². The minimum Gasteiger partial charge on any atom is -0.320 e. The maximum Gasteiger partial charge on any atom is 0.267 e. The van der Waals surface area contributed by atoms with E-state index in [-0.39, 0.29) is 32.0 Å². The maximum absolute atomic E-state index is 11.7. The van der Waals surface area contributed by atoms with Gasteiger partial charge in [-0.15, -0.1) is 22.1 Å². The van der Waals surface area contributed by atoms with Crippen molar-refractivity contribution < 1.29 is 13.2 Å². The van der Waals surface area contributed by atoms with Crippen LogP contribution in [-0.4, -0.2) is 30.1 Å². The SMILES string of the molecule is Br.CC(C)[C@H](N)C(=O)N=c1sc(S(N)(=O)=O)nn1C. The molecule has 0 fully saturated rings. The number of aryl methyl sites for hydroxylation is 1. The van der Waals surface area contributed by atoms with Crippen molar-refractivity contribution >= 4 is 44.2 Å². The molecule has 1 rings (SSSR count). The quantitative estimate of drug-likeness (QED) is 0.709. The van der Waals surface area contributed by atoms with Crippen molar-refractivity contribution in [2.75, 3.05) is 0 Å². The monoisotopic (exact) mass is 373 g/mol. The van der Waals surface area contributed by atoms with Gasteiger partial charge < -0.3 is 5.73 Å². The van der Waals surface area contributed by atoms with Crippen LogP contribution >= 0.6 is 28.3 Å². The normalized spacial score (nSPS) is 14.3. The molecule has 0 radical (unpaired) electrons. The lowest BCUT2D eigenvalue weighted by atomic mass is 10.1. The highest BCUT2D eigenvalue weighted by molar-refractivity contribution is 8.93. The topological polar surface area (TPSA) is 133 Å². The first-order chi connectivity index (χ1) is 8.12. The largest absolute Gasteiger partial charge is 0.320 e. The predicted molar refractivity (Wildman–Crippen MR) is 76.2 cm³/mol. The van der Waals surface area contributed by atoms with Gasteiger partial charge in [-0.05, 0) is 5.92 Å². The van der Waals surface area contributed by atoms with Gasteiger partial charge in [-0.2, -0.15) is 4.99 Å². The minimum atomic E-state index is -3.89. The predicted octanol–water partition coefficient (Wildman–Crippen LogP) is -0.882. The van der Waals surface area contributed by atoms with Crippen LogP contribution in [0.2, 0.25) is 0 Å². The molecule has 1 amide bonds. The first-order valence-corrected chi connectivity index (χ1v) is 7.40. The highest BCUT2D eigenvalue weighted by Crippen LogP contribution is 2.05. The molecule has 11 heteroatoms. The average molecular weight is 374 g/mol. The van der Waals surface area contributed by atoms with Crippen LogP contribution in [0.1, 0.15) is 13.8 Å². The summed E-state index contributed by atoms with van der Waals surface area (Å²) in [6, 6.07) is -0.731. The number of aromatic nitrogens is 2. The molecule has 0 unspecified atom stereocenters. The van der Waals surface area contributed by atoms with E-state index in [2.05, 4.69) is 10.1 Å². The van der Waals surface area contributed by atoms with E-state index in [1.165, 1.54) is 11.7 Å². The molecule has 4 N–H and O–H groups in total. The van der Waals surface area contributed by atoms with Gasteiger partial charge in [0.15, 0.2) is 0 Å². The summed E-state index contributed by atoms with van der Waals surface area (Å²) < 4.78 is 23.1. The molecular weight excluding hydrogens is 358 g/mol. The Hall–Kier alpha value is -0.620. The van der Waals surface area contributed by atoms with Gasteiger partial charge in [-0.1, -0.05) is 25.2 Å². The van der Waals surface area contributed by atoms with Crippen LogP contribution in [0.3, 0.4) is 0 Å². The van der Waals surface area contributed by atoms with Gasteiger partial charge in [-0.3, -0.25) is 4.79 Å². The molecule has 1 heterocycles. The molecule has 0 saturated carbocycles. The van der Waals surface area contributed by atoms with Gasteiger partial charge in [-0.25, -0.2) is 18.2 Å². The lowest BCUT2D eigenvalue weighted by molar-refractivity contribution is -0.120. The molecule has 19 heavy (non-hydrogen) atoms. The Morgan fingerprint density at radius 3 is 2.37 bits per heavy atom. The summed E-state index contributed by atoms with van der Waals surface area (Å²) in [4.78, 5) is 15.5. The second-order valence-electron chi connectivity index (χ2n) is 4.04. The molecule has 0 aliphatic heterocycles. The molecule has 0 spiro atoms. The van der Waals surface area contributed by atoms with Crippen LogP contribution in [-0.2, 0) is 21.9 Å². The number of primary sulfonamides is 1. The van der Waals surface area contributed by atoms with Crippen molar-refractivity contribution in [1.29, 1.82) is 0 Å². The van der Waals surface area contributed by atoms with E-state index in [1.807, 2.05) is 0 Å². The molecule has 1 aromatic heterocycles. The summed E-state index contributed by atoms with van der Waals surface area (Å²) in [5.41, 5.74) is 5.64. The number of halogens is 1. The van der Waals surface area contributed by atoms with Gasteiger partial charge in [0.25, 0.3) is 15.9 Å². The fourth-order valence-corrected chi connectivity index (χ4v) is 2.55. The number of carbonyl (C=O) groups is 1. The van der Waals surface area contributed by atoms with Crippen molar-refractivity contribution in [2.24, 2.45) is 28.8 Å². The van der Waals surface area contributed by atoms with Gasteiger partial charge in [0.1, 0.15) is 0 Å². The Bertz CT molecular complexity index is 619. The van der Waals surface area contributed by atoms with Crippen LogP contribution in [0.25, 0.3) is 0 Å². The van der Waals surface area contributed by atoms with E-state index >= 15 is 0 Å². The van der Waals surface area contributed by atoms with E-state index in [0.717, 1.165) is 11.3 Å². The van der Waals surface area contributed by atoms with Crippen LogP contribution in [0, 0.1) is 5.92 Å². The number of hydrogen-bond donors (Lipinski definition) is 2. The fraction of sp³-hybridized carbons (Fsp3) is 0.625. The number of carbonyl (C=O) groups excluding carboxylic acids is 1. The Balaban J connectivity index is 0.00000324. The molecule has 0 aromatic carbocycles. The highest BCUT2D eigenvalue weighted by Gasteiger charge is 2.18. The van der Waals surface area contributed by atoms with E-state index in [0.29, 0.717) is 0 Å². The van der Waals surface area contributed by atoms with Gasteiger partial charge in [0.2, 0.25) is 9.14 Å². The van der Waals surface area contributed by atoms with Crippen LogP contribution in [0.5, 0.6) is 0 Å². The lowest BCUT2D eigenvalue weighted by Crippen LogP contribution is -2.35. The highest BCUT2D eigenvalue weighted by atomic mass is 79.9. The van der Waals surface area contributed by atoms with Crippen molar-refractivity contribution in [2.45, 2.75) is 24.2 Å². The molecule has 8 nitrogen and oxygen atoms in total. The number of hydrogen-bond acceptors (Lipinski definition) is 6.